The molecule has 1 fully saturated rings. The topological polar surface area (TPSA) is 29.3 Å². The maximum atomic E-state index is 6.05. The second kappa shape index (κ2) is 6.70. The molecule has 2 nitrogen and oxygen atoms in total. The fourth-order valence-corrected chi connectivity index (χ4v) is 3.82. The fraction of sp³-hybridized carbons (Fsp3) is 0.600. The molecular formula is C15H22Br2N2. The predicted molar refractivity (Wildman–Crippen MR) is 88.2 cm³/mol. The SMILES string of the molecule is CC1CC(C)CN(C(CN)c2ccc(Br)c(Br)c2)C1. The predicted octanol–water partition coefficient (Wildman–Crippen LogP) is 4.19. The summed E-state index contributed by atoms with van der Waals surface area (Å²) < 4.78 is 2.19. The molecule has 1 aliphatic rings. The van der Waals surface area contributed by atoms with Gasteiger partial charge in [0, 0.05) is 34.6 Å². The van der Waals surface area contributed by atoms with Crippen LogP contribution in [0.3, 0.4) is 0 Å². The van der Waals surface area contributed by atoms with E-state index < -0.39 is 0 Å². The summed E-state index contributed by atoms with van der Waals surface area (Å²) in [5, 5.41) is 0. The van der Waals surface area contributed by atoms with Crippen molar-refractivity contribution in [3.8, 4) is 0 Å². The van der Waals surface area contributed by atoms with Crippen LogP contribution in [0.5, 0.6) is 0 Å². The van der Waals surface area contributed by atoms with Gasteiger partial charge in [0.15, 0.2) is 0 Å². The third-order valence-corrected chi connectivity index (χ3v) is 5.77. The smallest absolute Gasteiger partial charge is 0.0471 e. The summed E-state index contributed by atoms with van der Waals surface area (Å²) in [5.74, 6) is 1.52. The first-order valence-corrected chi connectivity index (χ1v) is 8.49. The molecule has 0 amide bonds. The molecule has 1 aliphatic heterocycles. The molecule has 0 aliphatic carbocycles. The fourth-order valence-electron chi connectivity index (χ4n) is 3.18. The molecule has 1 aromatic carbocycles. The van der Waals surface area contributed by atoms with Gasteiger partial charge in [0.05, 0.1) is 0 Å². The summed E-state index contributed by atoms with van der Waals surface area (Å²) in [7, 11) is 0. The third kappa shape index (κ3) is 3.81. The van der Waals surface area contributed by atoms with Gasteiger partial charge in [-0.15, -0.1) is 0 Å². The van der Waals surface area contributed by atoms with Crippen LogP contribution in [0.4, 0.5) is 0 Å². The Bertz CT molecular complexity index is 426. The minimum atomic E-state index is 0.328. The van der Waals surface area contributed by atoms with Gasteiger partial charge in [-0.3, -0.25) is 4.90 Å². The highest BCUT2D eigenvalue weighted by molar-refractivity contribution is 9.13. The normalized spacial score (nSPS) is 26.4. The second-order valence-electron chi connectivity index (χ2n) is 5.82. The minimum absolute atomic E-state index is 0.328. The van der Waals surface area contributed by atoms with E-state index in [2.05, 4.69) is 68.8 Å². The van der Waals surface area contributed by atoms with Crippen molar-refractivity contribution in [2.75, 3.05) is 19.6 Å². The molecule has 1 saturated heterocycles. The van der Waals surface area contributed by atoms with Gasteiger partial charge in [-0.25, -0.2) is 0 Å². The van der Waals surface area contributed by atoms with E-state index in [1.807, 2.05) is 0 Å². The Morgan fingerprint density at radius 2 is 1.84 bits per heavy atom. The number of nitrogens with zero attached hydrogens (tertiary/aromatic N) is 1. The Morgan fingerprint density at radius 3 is 2.37 bits per heavy atom. The summed E-state index contributed by atoms with van der Waals surface area (Å²) in [5.41, 5.74) is 7.35. The van der Waals surface area contributed by atoms with Gasteiger partial charge in [0.1, 0.15) is 0 Å². The Balaban J connectivity index is 2.21. The van der Waals surface area contributed by atoms with Gasteiger partial charge >= 0.3 is 0 Å². The number of likely N-dealkylation sites (tertiary alicyclic amines) is 1. The first-order valence-electron chi connectivity index (χ1n) is 6.90. The van der Waals surface area contributed by atoms with Gasteiger partial charge in [-0.05, 0) is 67.8 Å². The zero-order valence-electron chi connectivity index (χ0n) is 11.6. The van der Waals surface area contributed by atoms with Crippen molar-refractivity contribution < 1.29 is 0 Å². The Labute approximate surface area is 133 Å². The van der Waals surface area contributed by atoms with Crippen LogP contribution in [-0.2, 0) is 0 Å². The van der Waals surface area contributed by atoms with Crippen LogP contribution < -0.4 is 5.73 Å². The first-order chi connectivity index (χ1) is 9.01. The average Bonchev–Trinajstić information content (AvgIpc) is 2.33. The second-order valence-corrected chi connectivity index (χ2v) is 7.53. The van der Waals surface area contributed by atoms with E-state index in [9.17, 15) is 0 Å². The van der Waals surface area contributed by atoms with E-state index in [1.165, 1.54) is 12.0 Å². The summed E-state index contributed by atoms with van der Waals surface area (Å²) in [6, 6.07) is 6.79. The van der Waals surface area contributed by atoms with Crippen molar-refractivity contribution in [2.45, 2.75) is 26.3 Å². The summed E-state index contributed by atoms with van der Waals surface area (Å²) in [6.07, 6.45) is 1.33. The molecule has 0 saturated carbocycles. The van der Waals surface area contributed by atoms with Gasteiger partial charge < -0.3 is 5.73 Å². The molecule has 3 atom stereocenters. The van der Waals surface area contributed by atoms with Crippen molar-refractivity contribution in [3.63, 3.8) is 0 Å². The molecule has 0 bridgehead atoms. The highest BCUT2D eigenvalue weighted by Crippen LogP contribution is 2.32. The Morgan fingerprint density at radius 1 is 1.21 bits per heavy atom. The van der Waals surface area contributed by atoms with Crippen molar-refractivity contribution >= 4 is 31.9 Å². The molecule has 2 rings (SSSR count). The number of benzene rings is 1. The summed E-state index contributed by atoms with van der Waals surface area (Å²) in [4.78, 5) is 2.55. The van der Waals surface area contributed by atoms with E-state index in [0.29, 0.717) is 12.6 Å². The summed E-state index contributed by atoms with van der Waals surface area (Å²) in [6.45, 7) is 7.66. The van der Waals surface area contributed by atoms with Gasteiger partial charge in [-0.2, -0.15) is 0 Å². The molecule has 4 heteroatoms. The quantitative estimate of drug-likeness (QED) is 0.839. The Kier molecular flexibility index (Phi) is 5.46. The number of piperidine rings is 1. The van der Waals surface area contributed by atoms with Gasteiger partial charge in [0.25, 0.3) is 0 Å². The van der Waals surface area contributed by atoms with Crippen LogP contribution in [0.15, 0.2) is 27.1 Å². The van der Waals surface area contributed by atoms with Crippen molar-refractivity contribution in [3.05, 3.63) is 32.7 Å². The molecule has 3 unspecified atom stereocenters. The lowest BCUT2D eigenvalue weighted by Crippen LogP contribution is -2.43. The molecule has 0 radical (unpaired) electrons. The Hall–Kier alpha value is 0.1000. The monoisotopic (exact) mass is 388 g/mol. The van der Waals surface area contributed by atoms with E-state index >= 15 is 0 Å². The molecule has 1 heterocycles. The van der Waals surface area contributed by atoms with Gasteiger partial charge in [-0.1, -0.05) is 19.9 Å². The average molecular weight is 390 g/mol. The van der Waals surface area contributed by atoms with E-state index in [4.69, 9.17) is 5.73 Å². The van der Waals surface area contributed by atoms with Crippen LogP contribution in [-0.4, -0.2) is 24.5 Å². The molecule has 19 heavy (non-hydrogen) atoms. The molecule has 2 N–H and O–H groups in total. The molecule has 0 spiro atoms. The third-order valence-electron chi connectivity index (χ3n) is 3.89. The van der Waals surface area contributed by atoms with Crippen LogP contribution in [0, 0.1) is 11.8 Å². The van der Waals surface area contributed by atoms with Crippen molar-refractivity contribution in [1.82, 2.24) is 4.90 Å². The van der Waals surface area contributed by atoms with Crippen LogP contribution in [0.1, 0.15) is 31.9 Å². The van der Waals surface area contributed by atoms with Crippen molar-refractivity contribution in [2.24, 2.45) is 17.6 Å². The molecular weight excluding hydrogens is 368 g/mol. The van der Waals surface area contributed by atoms with Crippen molar-refractivity contribution in [1.29, 1.82) is 0 Å². The van der Waals surface area contributed by atoms with Crippen LogP contribution in [0.25, 0.3) is 0 Å². The van der Waals surface area contributed by atoms with E-state index in [-0.39, 0.29) is 0 Å². The molecule has 106 valence electrons. The number of nitrogens with two attached hydrogens (primary N) is 1. The molecule has 0 aromatic heterocycles. The lowest BCUT2D eigenvalue weighted by atomic mass is 9.90. The van der Waals surface area contributed by atoms with E-state index in [1.54, 1.807) is 0 Å². The maximum Gasteiger partial charge on any atom is 0.0471 e. The maximum absolute atomic E-state index is 6.05. The highest BCUT2D eigenvalue weighted by atomic mass is 79.9. The molecule has 1 aromatic rings. The number of halogens is 2. The standard InChI is InChI=1S/C15H22Br2N2/c1-10-5-11(2)9-19(8-10)15(7-18)12-3-4-13(16)14(17)6-12/h3-4,6,10-11,15H,5,7-9,18H2,1-2H3. The summed E-state index contributed by atoms with van der Waals surface area (Å²) >= 11 is 7.11. The zero-order chi connectivity index (χ0) is 14.0. The highest BCUT2D eigenvalue weighted by Gasteiger charge is 2.27. The van der Waals surface area contributed by atoms with Crippen LogP contribution in [0.2, 0.25) is 0 Å². The lowest BCUT2D eigenvalue weighted by Gasteiger charge is -2.40. The minimum Gasteiger partial charge on any atom is -0.329 e. The van der Waals surface area contributed by atoms with Gasteiger partial charge in [0.2, 0.25) is 0 Å². The van der Waals surface area contributed by atoms with Crippen LogP contribution >= 0.6 is 31.9 Å². The zero-order valence-corrected chi connectivity index (χ0v) is 14.7. The van der Waals surface area contributed by atoms with E-state index in [0.717, 1.165) is 33.9 Å². The largest absolute Gasteiger partial charge is 0.329 e. The number of rotatable bonds is 3. The number of hydrogen-bond acceptors (Lipinski definition) is 2. The first kappa shape index (κ1) is 15.5. The number of hydrogen-bond donors (Lipinski definition) is 1. The lowest BCUT2D eigenvalue weighted by molar-refractivity contribution is 0.0984.